The zero-order valence-electron chi connectivity index (χ0n) is 14.3. The summed E-state index contributed by atoms with van der Waals surface area (Å²) in [4.78, 5) is 12.4. The Kier molecular flexibility index (Phi) is 7.16. The van der Waals surface area contributed by atoms with Crippen LogP contribution in [0.2, 0.25) is 5.02 Å². The van der Waals surface area contributed by atoms with E-state index in [-0.39, 0.29) is 23.8 Å². The molecule has 0 aromatic heterocycles. The Bertz CT molecular complexity index is 836. The molecule has 2 rings (SSSR count). The number of carbonyl (C=O) groups excluding carboxylic acids is 1. The molecule has 1 unspecified atom stereocenters. The van der Waals surface area contributed by atoms with E-state index in [0.29, 0.717) is 17.1 Å². The van der Waals surface area contributed by atoms with Crippen molar-refractivity contribution in [3.63, 3.8) is 0 Å². The lowest BCUT2D eigenvalue weighted by Crippen LogP contribution is -2.32. The average Bonchev–Trinajstić information content (AvgIpc) is 2.61. The van der Waals surface area contributed by atoms with Crippen LogP contribution < -0.4 is 10.0 Å². The fourth-order valence-corrected chi connectivity index (χ4v) is 3.59. The number of aliphatic hydroxyl groups is 1. The molecule has 8 heteroatoms. The Morgan fingerprint density at radius 3 is 2.27 bits per heavy atom. The molecule has 26 heavy (non-hydrogen) atoms. The second-order valence-electron chi connectivity index (χ2n) is 5.68. The SMILES string of the molecule is CCNS(=O)(=O)c1ccc(CC(=O)NC(CO)c2ccc(Cl)cc2)cc1. The highest BCUT2D eigenvalue weighted by molar-refractivity contribution is 7.89. The van der Waals surface area contributed by atoms with Crippen LogP contribution in [0, 0.1) is 0 Å². The quantitative estimate of drug-likeness (QED) is 0.636. The first kappa shape index (κ1) is 20.4. The summed E-state index contributed by atoms with van der Waals surface area (Å²) in [7, 11) is -3.51. The highest BCUT2D eigenvalue weighted by Gasteiger charge is 2.15. The van der Waals surface area contributed by atoms with Gasteiger partial charge in [-0.2, -0.15) is 0 Å². The first-order valence-electron chi connectivity index (χ1n) is 8.10. The lowest BCUT2D eigenvalue weighted by molar-refractivity contribution is -0.121. The molecule has 2 aromatic carbocycles. The molecular formula is C18H21ClN2O4S. The summed E-state index contributed by atoms with van der Waals surface area (Å²) in [5.41, 5.74) is 1.42. The summed E-state index contributed by atoms with van der Waals surface area (Å²) < 4.78 is 26.2. The summed E-state index contributed by atoms with van der Waals surface area (Å²) >= 11 is 5.84. The summed E-state index contributed by atoms with van der Waals surface area (Å²) in [6.45, 7) is 1.77. The van der Waals surface area contributed by atoms with Crippen LogP contribution in [0.25, 0.3) is 0 Å². The molecule has 1 amide bonds. The smallest absolute Gasteiger partial charge is 0.240 e. The van der Waals surface area contributed by atoms with Crippen molar-refractivity contribution in [3.05, 3.63) is 64.7 Å². The third-order valence-electron chi connectivity index (χ3n) is 3.72. The van der Waals surface area contributed by atoms with Crippen LogP contribution in [0.4, 0.5) is 0 Å². The van der Waals surface area contributed by atoms with Gasteiger partial charge in [0.2, 0.25) is 15.9 Å². The highest BCUT2D eigenvalue weighted by atomic mass is 35.5. The van der Waals surface area contributed by atoms with Gasteiger partial charge in [0.1, 0.15) is 0 Å². The van der Waals surface area contributed by atoms with Crippen molar-refractivity contribution in [3.8, 4) is 0 Å². The lowest BCUT2D eigenvalue weighted by Gasteiger charge is -2.17. The number of hydrogen-bond acceptors (Lipinski definition) is 4. The van der Waals surface area contributed by atoms with E-state index in [9.17, 15) is 18.3 Å². The number of nitrogens with one attached hydrogen (secondary N) is 2. The molecular weight excluding hydrogens is 376 g/mol. The first-order chi connectivity index (χ1) is 12.4. The van der Waals surface area contributed by atoms with Crippen LogP contribution in [-0.2, 0) is 21.2 Å². The zero-order chi connectivity index (χ0) is 19.2. The molecule has 3 N–H and O–H groups in total. The van der Waals surface area contributed by atoms with Crippen molar-refractivity contribution in [2.75, 3.05) is 13.2 Å². The van der Waals surface area contributed by atoms with Crippen LogP contribution in [-0.4, -0.2) is 32.6 Å². The molecule has 6 nitrogen and oxygen atoms in total. The summed E-state index contributed by atoms with van der Waals surface area (Å²) in [5.74, 6) is -0.277. The van der Waals surface area contributed by atoms with Crippen molar-refractivity contribution >= 4 is 27.5 Å². The molecule has 0 fully saturated rings. The van der Waals surface area contributed by atoms with Crippen molar-refractivity contribution < 1.29 is 18.3 Å². The highest BCUT2D eigenvalue weighted by Crippen LogP contribution is 2.17. The van der Waals surface area contributed by atoms with Crippen LogP contribution >= 0.6 is 11.6 Å². The molecule has 0 heterocycles. The fraction of sp³-hybridized carbons (Fsp3) is 0.278. The molecule has 0 aliphatic carbocycles. The Labute approximate surface area is 158 Å². The monoisotopic (exact) mass is 396 g/mol. The van der Waals surface area contributed by atoms with E-state index in [0.717, 1.165) is 5.56 Å². The van der Waals surface area contributed by atoms with Crippen molar-refractivity contribution in [1.29, 1.82) is 0 Å². The van der Waals surface area contributed by atoms with E-state index in [1.54, 1.807) is 43.3 Å². The topological polar surface area (TPSA) is 95.5 Å². The molecule has 0 saturated heterocycles. The summed E-state index contributed by atoms with van der Waals surface area (Å²) in [6.07, 6.45) is 0.0750. The van der Waals surface area contributed by atoms with Crippen LogP contribution in [0.15, 0.2) is 53.4 Å². The van der Waals surface area contributed by atoms with Crippen molar-refractivity contribution in [1.82, 2.24) is 10.0 Å². The van der Waals surface area contributed by atoms with Gasteiger partial charge >= 0.3 is 0 Å². The van der Waals surface area contributed by atoms with E-state index in [1.807, 2.05) is 0 Å². The second-order valence-corrected chi connectivity index (χ2v) is 7.88. The molecule has 1 atom stereocenters. The van der Waals surface area contributed by atoms with Gasteiger partial charge in [0, 0.05) is 11.6 Å². The Hall–Kier alpha value is -1.93. The molecule has 2 aromatic rings. The Balaban J connectivity index is 2.01. The molecule has 0 bridgehead atoms. The standard InChI is InChI=1S/C18H21ClN2O4S/c1-2-20-26(24,25)16-9-3-13(4-10-16)11-18(23)21-17(12-22)14-5-7-15(19)8-6-14/h3-10,17,20,22H,2,11-12H2,1H3,(H,21,23). The first-order valence-corrected chi connectivity index (χ1v) is 9.96. The lowest BCUT2D eigenvalue weighted by atomic mass is 10.1. The number of amides is 1. The zero-order valence-corrected chi connectivity index (χ0v) is 15.8. The van der Waals surface area contributed by atoms with Gasteiger partial charge in [0.25, 0.3) is 0 Å². The van der Waals surface area contributed by atoms with Gasteiger partial charge < -0.3 is 10.4 Å². The van der Waals surface area contributed by atoms with E-state index >= 15 is 0 Å². The number of aliphatic hydroxyl groups excluding tert-OH is 1. The van der Waals surface area contributed by atoms with Gasteiger partial charge in [-0.3, -0.25) is 4.79 Å². The molecule has 0 aliphatic heterocycles. The molecule has 140 valence electrons. The van der Waals surface area contributed by atoms with E-state index in [1.165, 1.54) is 12.1 Å². The summed E-state index contributed by atoms with van der Waals surface area (Å²) in [5, 5.41) is 12.8. The minimum atomic E-state index is -3.51. The predicted octanol–water partition coefficient (Wildman–Crippen LogP) is 2.03. The number of hydrogen-bond donors (Lipinski definition) is 3. The Morgan fingerprint density at radius 1 is 1.12 bits per heavy atom. The minimum Gasteiger partial charge on any atom is -0.394 e. The number of carbonyl (C=O) groups is 1. The van der Waals surface area contributed by atoms with Gasteiger partial charge in [-0.25, -0.2) is 13.1 Å². The van der Waals surface area contributed by atoms with E-state index < -0.39 is 16.1 Å². The van der Waals surface area contributed by atoms with Gasteiger partial charge in [-0.15, -0.1) is 0 Å². The molecule has 0 saturated carbocycles. The predicted molar refractivity (Wildman–Crippen MR) is 100 cm³/mol. The normalized spacial score (nSPS) is 12.6. The summed E-state index contributed by atoms with van der Waals surface area (Å²) in [6, 6.07) is 12.4. The largest absolute Gasteiger partial charge is 0.394 e. The van der Waals surface area contributed by atoms with Gasteiger partial charge in [0.05, 0.1) is 24.0 Å². The maximum Gasteiger partial charge on any atom is 0.240 e. The number of sulfonamides is 1. The second kappa shape index (κ2) is 9.14. The maximum atomic E-state index is 12.2. The third kappa shape index (κ3) is 5.54. The van der Waals surface area contributed by atoms with Crippen molar-refractivity contribution in [2.45, 2.75) is 24.3 Å². The maximum absolute atomic E-state index is 12.2. The number of rotatable bonds is 8. The van der Waals surface area contributed by atoms with Crippen LogP contribution in [0.5, 0.6) is 0 Å². The fourth-order valence-electron chi connectivity index (χ4n) is 2.42. The van der Waals surface area contributed by atoms with E-state index in [2.05, 4.69) is 10.0 Å². The number of benzene rings is 2. The molecule has 0 spiro atoms. The van der Waals surface area contributed by atoms with E-state index in [4.69, 9.17) is 11.6 Å². The van der Waals surface area contributed by atoms with Gasteiger partial charge in [-0.05, 0) is 35.4 Å². The molecule has 0 aliphatic rings. The van der Waals surface area contributed by atoms with Crippen LogP contribution in [0.1, 0.15) is 24.1 Å². The number of halogens is 1. The van der Waals surface area contributed by atoms with Crippen molar-refractivity contribution in [2.24, 2.45) is 0 Å². The minimum absolute atomic E-state index is 0.0750. The van der Waals surface area contributed by atoms with Gasteiger partial charge in [0.15, 0.2) is 0 Å². The molecule has 0 radical (unpaired) electrons. The third-order valence-corrected chi connectivity index (χ3v) is 5.54. The van der Waals surface area contributed by atoms with Gasteiger partial charge in [-0.1, -0.05) is 42.8 Å². The average molecular weight is 397 g/mol. The Morgan fingerprint density at radius 2 is 1.73 bits per heavy atom. The van der Waals surface area contributed by atoms with Crippen LogP contribution in [0.3, 0.4) is 0 Å².